The number of aryl methyl sites for hydroxylation is 1. The van der Waals surface area contributed by atoms with Crippen LogP contribution in [0.15, 0.2) is 59.5 Å². The fourth-order valence-corrected chi connectivity index (χ4v) is 3.97. The monoisotopic (exact) mass is 389 g/mol. The Bertz CT molecular complexity index is 882. The lowest BCUT2D eigenvalue weighted by atomic mass is 10.2. The van der Waals surface area contributed by atoms with Crippen LogP contribution in [0.3, 0.4) is 0 Å². The molecule has 7 heteroatoms. The van der Waals surface area contributed by atoms with Gasteiger partial charge in [0, 0.05) is 24.7 Å². The number of benzene rings is 2. The van der Waals surface area contributed by atoms with E-state index in [0.717, 1.165) is 5.56 Å². The molecule has 0 bridgehead atoms. The van der Waals surface area contributed by atoms with Crippen molar-refractivity contribution in [1.82, 2.24) is 0 Å². The highest BCUT2D eigenvalue weighted by Gasteiger charge is 2.25. The van der Waals surface area contributed by atoms with Crippen molar-refractivity contribution in [3.63, 3.8) is 0 Å². The zero-order chi connectivity index (χ0) is 19.9. The molecular formula is C20H23NO5S. The molecule has 2 aromatic carbocycles. The summed E-state index contributed by atoms with van der Waals surface area (Å²) in [5, 5.41) is 0. The molecule has 0 aromatic heterocycles. The number of ether oxygens (including phenoxy) is 2. The zero-order valence-electron chi connectivity index (χ0n) is 15.6. The van der Waals surface area contributed by atoms with Gasteiger partial charge in [-0.1, -0.05) is 23.8 Å². The SMILES string of the molecule is COc1cc(OC)cc(N(CC/C=C/C=O)S(=O)(=O)c2ccc(C)cc2)c1. The van der Waals surface area contributed by atoms with Crippen molar-refractivity contribution in [3.05, 3.63) is 60.2 Å². The third kappa shape index (κ3) is 5.10. The Kier molecular flexibility index (Phi) is 7.01. The van der Waals surface area contributed by atoms with E-state index >= 15 is 0 Å². The third-order valence-corrected chi connectivity index (χ3v) is 5.79. The molecule has 0 atom stereocenters. The molecule has 0 aliphatic carbocycles. The number of allylic oxidation sites excluding steroid dienone is 1. The number of hydrogen-bond acceptors (Lipinski definition) is 5. The minimum absolute atomic E-state index is 0.164. The van der Waals surface area contributed by atoms with Gasteiger partial charge in [-0.15, -0.1) is 0 Å². The summed E-state index contributed by atoms with van der Waals surface area (Å²) in [6.07, 6.45) is 4.02. The second kappa shape index (κ2) is 9.23. The highest BCUT2D eigenvalue weighted by atomic mass is 32.2. The number of sulfonamides is 1. The molecule has 0 saturated heterocycles. The third-order valence-electron chi connectivity index (χ3n) is 3.95. The van der Waals surface area contributed by atoms with Gasteiger partial charge in [0.2, 0.25) is 0 Å². The summed E-state index contributed by atoms with van der Waals surface area (Å²) >= 11 is 0. The summed E-state index contributed by atoms with van der Waals surface area (Å²) in [7, 11) is -0.800. The average molecular weight is 389 g/mol. The lowest BCUT2D eigenvalue weighted by molar-refractivity contribution is -0.104. The van der Waals surface area contributed by atoms with Gasteiger partial charge < -0.3 is 9.47 Å². The number of anilines is 1. The number of methoxy groups -OCH3 is 2. The standard InChI is InChI=1S/C20H23NO5S/c1-16-7-9-20(10-8-16)27(23,24)21(11-5-4-6-12-22)17-13-18(25-2)15-19(14-17)26-3/h4,6-10,12-15H,5,11H2,1-3H3/b6-4+. The molecule has 2 aromatic rings. The van der Waals surface area contributed by atoms with Gasteiger partial charge in [0.1, 0.15) is 17.8 Å². The van der Waals surface area contributed by atoms with Crippen LogP contribution in [0, 0.1) is 6.92 Å². The van der Waals surface area contributed by atoms with Crippen LogP contribution < -0.4 is 13.8 Å². The largest absolute Gasteiger partial charge is 0.497 e. The van der Waals surface area contributed by atoms with Crippen molar-refractivity contribution < 1.29 is 22.7 Å². The predicted molar refractivity (Wildman–Crippen MR) is 105 cm³/mol. The van der Waals surface area contributed by atoms with E-state index in [1.165, 1.54) is 24.6 Å². The quantitative estimate of drug-likeness (QED) is 0.486. The van der Waals surface area contributed by atoms with E-state index in [2.05, 4.69) is 0 Å². The minimum atomic E-state index is -3.81. The Labute approximate surface area is 160 Å². The smallest absolute Gasteiger partial charge is 0.264 e. The molecule has 0 spiro atoms. The molecule has 6 nitrogen and oxygen atoms in total. The fourth-order valence-electron chi connectivity index (χ4n) is 2.51. The molecule has 0 unspecified atom stereocenters. The van der Waals surface area contributed by atoms with Crippen LogP contribution in [-0.2, 0) is 14.8 Å². The Morgan fingerprint density at radius 3 is 2.11 bits per heavy atom. The van der Waals surface area contributed by atoms with E-state index in [-0.39, 0.29) is 11.4 Å². The Hall–Kier alpha value is -2.80. The second-order valence-electron chi connectivity index (χ2n) is 5.81. The topological polar surface area (TPSA) is 72.9 Å². The van der Waals surface area contributed by atoms with Crippen LogP contribution in [0.1, 0.15) is 12.0 Å². The summed E-state index contributed by atoms with van der Waals surface area (Å²) in [5.74, 6) is 0.966. The van der Waals surface area contributed by atoms with Crippen molar-refractivity contribution >= 4 is 22.0 Å². The van der Waals surface area contributed by atoms with E-state index in [1.54, 1.807) is 48.5 Å². The second-order valence-corrected chi connectivity index (χ2v) is 7.68. The minimum Gasteiger partial charge on any atom is -0.497 e. The van der Waals surface area contributed by atoms with Crippen molar-refractivity contribution in [2.75, 3.05) is 25.1 Å². The van der Waals surface area contributed by atoms with Crippen molar-refractivity contribution in [2.24, 2.45) is 0 Å². The highest BCUT2D eigenvalue weighted by molar-refractivity contribution is 7.92. The van der Waals surface area contributed by atoms with E-state index in [0.29, 0.717) is 29.9 Å². The lowest BCUT2D eigenvalue weighted by Gasteiger charge is -2.25. The maximum absolute atomic E-state index is 13.3. The van der Waals surface area contributed by atoms with Crippen molar-refractivity contribution in [3.8, 4) is 11.5 Å². The number of carbonyl (C=O) groups excluding carboxylic acids is 1. The molecule has 0 saturated carbocycles. The maximum Gasteiger partial charge on any atom is 0.264 e. The molecule has 0 radical (unpaired) electrons. The van der Waals surface area contributed by atoms with Crippen LogP contribution in [0.4, 0.5) is 5.69 Å². The molecule has 27 heavy (non-hydrogen) atoms. The summed E-state index contributed by atoms with van der Waals surface area (Å²) in [5.41, 5.74) is 1.39. The molecule has 2 rings (SSSR count). The normalized spacial score (nSPS) is 11.4. The van der Waals surface area contributed by atoms with Gasteiger partial charge in [-0.3, -0.25) is 9.10 Å². The molecule has 0 heterocycles. The van der Waals surface area contributed by atoms with Gasteiger partial charge in [-0.2, -0.15) is 0 Å². The van der Waals surface area contributed by atoms with Crippen LogP contribution >= 0.6 is 0 Å². The van der Waals surface area contributed by atoms with Crippen LogP contribution in [0.25, 0.3) is 0 Å². The van der Waals surface area contributed by atoms with Gasteiger partial charge in [0.15, 0.2) is 0 Å². The van der Waals surface area contributed by atoms with Gasteiger partial charge >= 0.3 is 0 Å². The average Bonchev–Trinajstić information content (AvgIpc) is 2.67. The fraction of sp³-hybridized carbons (Fsp3) is 0.250. The Morgan fingerprint density at radius 1 is 1.00 bits per heavy atom. The molecule has 0 N–H and O–H groups in total. The Balaban J connectivity index is 2.52. The van der Waals surface area contributed by atoms with Crippen molar-refractivity contribution in [2.45, 2.75) is 18.2 Å². The number of rotatable bonds is 9. The number of carbonyl (C=O) groups is 1. The molecule has 0 amide bonds. The summed E-state index contributed by atoms with van der Waals surface area (Å²) in [6, 6.07) is 11.6. The number of nitrogens with zero attached hydrogens (tertiary/aromatic N) is 1. The first kappa shape index (κ1) is 20.5. The Morgan fingerprint density at radius 2 is 1.59 bits per heavy atom. The zero-order valence-corrected chi connectivity index (χ0v) is 16.4. The first-order chi connectivity index (χ1) is 12.9. The van der Waals surface area contributed by atoms with E-state index in [1.807, 2.05) is 6.92 Å². The van der Waals surface area contributed by atoms with E-state index in [9.17, 15) is 13.2 Å². The van der Waals surface area contributed by atoms with Crippen LogP contribution in [-0.4, -0.2) is 35.5 Å². The molecule has 0 aliphatic heterocycles. The molecular weight excluding hydrogens is 366 g/mol. The van der Waals surface area contributed by atoms with E-state index in [4.69, 9.17) is 9.47 Å². The van der Waals surface area contributed by atoms with Gasteiger partial charge in [0.25, 0.3) is 10.0 Å². The summed E-state index contributed by atoms with van der Waals surface area (Å²) in [6.45, 7) is 2.06. The van der Waals surface area contributed by atoms with Gasteiger partial charge in [-0.25, -0.2) is 8.42 Å². The van der Waals surface area contributed by atoms with Crippen LogP contribution in [0.5, 0.6) is 11.5 Å². The number of aldehydes is 1. The maximum atomic E-state index is 13.3. The highest BCUT2D eigenvalue weighted by Crippen LogP contribution is 2.32. The number of hydrogen-bond donors (Lipinski definition) is 0. The van der Waals surface area contributed by atoms with Gasteiger partial charge in [0.05, 0.1) is 24.8 Å². The summed E-state index contributed by atoms with van der Waals surface area (Å²) < 4.78 is 38.3. The summed E-state index contributed by atoms with van der Waals surface area (Å²) in [4.78, 5) is 10.7. The lowest BCUT2D eigenvalue weighted by Crippen LogP contribution is -2.32. The molecule has 144 valence electrons. The first-order valence-corrected chi connectivity index (χ1v) is 9.79. The van der Waals surface area contributed by atoms with E-state index < -0.39 is 10.0 Å². The first-order valence-electron chi connectivity index (χ1n) is 8.35. The van der Waals surface area contributed by atoms with Gasteiger partial charge in [-0.05, 0) is 31.6 Å². The molecule has 0 aliphatic rings. The predicted octanol–water partition coefficient (Wildman–Crippen LogP) is 3.35. The van der Waals surface area contributed by atoms with Crippen molar-refractivity contribution in [1.29, 1.82) is 0 Å². The van der Waals surface area contributed by atoms with Crippen LogP contribution in [0.2, 0.25) is 0 Å². The molecule has 0 fully saturated rings.